The van der Waals surface area contributed by atoms with E-state index in [2.05, 4.69) is 14.5 Å². The van der Waals surface area contributed by atoms with Gasteiger partial charge in [0, 0.05) is 6.42 Å². The van der Waals surface area contributed by atoms with Crippen LogP contribution in [0.5, 0.6) is 0 Å². The van der Waals surface area contributed by atoms with Crippen molar-refractivity contribution in [1.29, 1.82) is 0 Å². The van der Waals surface area contributed by atoms with Crippen LogP contribution in [0.1, 0.15) is 19.3 Å². The molecule has 0 aromatic carbocycles. The fourth-order valence-corrected chi connectivity index (χ4v) is 1.88. The Morgan fingerprint density at radius 2 is 1.80 bits per heavy atom. The lowest BCUT2D eigenvalue weighted by Crippen LogP contribution is -2.43. The minimum Gasteiger partial charge on any atom is -0.469 e. The van der Waals surface area contributed by atoms with Crippen molar-refractivity contribution in [3.05, 3.63) is 0 Å². The molecule has 1 fully saturated rings. The Hall–Kier alpha value is -0.690. The Labute approximate surface area is 88.2 Å². The predicted octanol–water partition coefficient (Wildman–Crippen LogP) is 0.812. The van der Waals surface area contributed by atoms with Gasteiger partial charge in [0.25, 0.3) is 0 Å². The smallest absolute Gasteiger partial charge is 0.314 e. The van der Waals surface area contributed by atoms with E-state index < -0.39 is 11.7 Å². The zero-order valence-corrected chi connectivity index (χ0v) is 9.15. The monoisotopic (exact) mass is 220 g/mol. The number of methoxy groups -OCH3 is 1. The highest BCUT2D eigenvalue weighted by Crippen LogP contribution is 2.40. The molecule has 1 rings (SSSR count). The van der Waals surface area contributed by atoms with Crippen LogP contribution in [0.3, 0.4) is 0 Å². The van der Waals surface area contributed by atoms with E-state index in [1.165, 1.54) is 21.3 Å². The number of hydrogen-bond donors (Lipinski definition) is 0. The van der Waals surface area contributed by atoms with Crippen molar-refractivity contribution in [2.75, 3.05) is 21.3 Å². The number of hydrogen-bond acceptors (Lipinski definition) is 6. The van der Waals surface area contributed by atoms with Gasteiger partial charge in [-0.3, -0.25) is 4.79 Å². The normalized spacial score (nSPS) is 24.1. The lowest BCUT2D eigenvalue weighted by molar-refractivity contribution is -0.505. The highest BCUT2D eigenvalue weighted by Gasteiger charge is 2.52. The van der Waals surface area contributed by atoms with Crippen molar-refractivity contribution in [1.82, 2.24) is 0 Å². The lowest BCUT2D eigenvalue weighted by Gasteiger charge is -2.29. The lowest BCUT2D eigenvalue weighted by atomic mass is 10.0. The summed E-state index contributed by atoms with van der Waals surface area (Å²) in [5, 5.41) is 0. The highest BCUT2D eigenvalue weighted by atomic mass is 17.3. The highest BCUT2D eigenvalue weighted by molar-refractivity contribution is 5.73. The molecule has 0 amide bonds. The second-order valence-electron chi connectivity index (χ2n) is 3.28. The van der Waals surface area contributed by atoms with Crippen molar-refractivity contribution in [2.45, 2.75) is 25.0 Å². The molecule has 1 aliphatic rings. The molecule has 0 saturated heterocycles. The molecule has 6 nitrogen and oxygen atoms in total. The van der Waals surface area contributed by atoms with E-state index in [0.717, 1.165) is 6.42 Å². The molecule has 1 saturated carbocycles. The topological polar surface area (TPSA) is 63.2 Å². The van der Waals surface area contributed by atoms with Crippen LogP contribution in [0.15, 0.2) is 0 Å². The van der Waals surface area contributed by atoms with E-state index in [4.69, 9.17) is 9.78 Å². The fourth-order valence-electron chi connectivity index (χ4n) is 1.88. The second kappa shape index (κ2) is 5.41. The summed E-state index contributed by atoms with van der Waals surface area (Å²) < 4.78 is 4.67. The summed E-state index contributed by atoms with van der Waals surface area (Å²) in [6, 6.07) is 0. The summed E-state index contributed by atoms with van der Waals surface area (Å²) in [5.41, 5.74) is 0. The molecule has 0 aromatic rings. The van der Waals surface area contributed by atoms with Crippen LogP contribution in [-0.4, -0.2) is 33.1 Å². The Kier molecular flexibility index (Phi) is 4.46. The molecule has 1 unspecified atom stereocenters. The SMILES string of the molecule is COOC1(OOC)CCCC1C(=O)OC. The fraction of sp³-hybridized carbons (Fsp3) is 0.889. The summed E-state index contributed by atoms with van der Waals surface area (Å²) in [6.45, 7) is 0. The molecule has 0 spiro atoms. The average molecular weight is 220 g/mol. The summed E-state index contributed by atoms with van der Waals surface area (Å²) in [4.78, 5) is 30.7. The van der Waals surface area contributed by atoms with Gasteiger partial charge < -0.3 is 4.74 Å². The van der Waals surface area contributed by atoms with Crippen molar-refractivity contribution in [2.24, 2.45) is 5.92 Å². The van der Waals surface area contributed by atoms with Gasteiger partial charge in [0.05, 0.1) is 21.3 Å². The van der Waals surface area contributed by atoms with Gasteiger partial charge >= 0.3 is 5.97 Å². The number of ether oxygens (including phenoxy) is 1. The molecule has 0 N–H and O–H groups in total. The first-order valence-corrected chi connectivity index (χ1v) is 4.71. The molecule has 0 bridgehead atoms. The second-order valence-corrected chi connectivity index (χ2v) is 3.28. The van der Waals surface area contributed by atoms with Crippen molar-refractivity contribution >= 4 is 5.97 Å². The van der Waals surface area contributed by atoms with E-state index in [1.54, 1.807) is 0 Å². The Morgan fingerprint density at radius 3 is 2.27 bits per heavy atom. The third-order valence-corrected chi connectivity index (χ3v) is 2.48. The van der Waals surface area contributed by atoms with Crippen LogP contribution in [0, 0.1) is 5.92 Å². The molecule has 0 radical (unpaired) electrons. The van der Waals surface area contributed by atoms with E-state index >= 15 is 0 Å². The van der Waals surface area contributed by atoms with E-state index in [-0.39, 0.29) is 5.97 Å². The Morgan fingerprint density at radius 1 is 1.20 bits per heavy atom. The third-order valence-electron chi connectivity index (χ3n) is 2.48. The maximum absolute atomic E-state index is 11.5. The number of carbonyl (C=O) groups excluding carboxylic acids is 1. The Balaban J connectivity index is 2.78. The molecular formula is C9H16O6. The summed E-state index contributed by atoms with van der Waals surface area (Å²) in [5.74, 6) is -2.10. The third kappa shape index (κ3) is 2.46. The van der Waals surface area contributed by atoms with E-state index in [0.29, 0.717) is 12.8 Å². The zero-order valence-electron chi connectivity index (χ0n) is 9.15. The minimum atomic E-state index is -1.18. The molecule has 1 atom stereocenters. The molecule has 0 aromatic heterocycles. The predicted molar refractivity (Wildman–Crippen MR) is 48.3 cm³/mol. The van der Waals surface area contributed by atoms with Gasteiger partial charge in [0.1, 0.15) is 5.92 Å². The summed E-state index contributed by atoms with van der Waals surface area (Å²) in [6.07, 6.45) is 1.93. The largest absolute Gasteiger partial charge is 0.469 e. The van der Waals surface area contributed by atoms with Crippen LogP contribution in [0.25, 0.3) is 0 Å². The van der Waals surface area contributed by atoms with E-state index in [9.17, 15) is 4.79 Å². The maximum atomic E-state index is 11.5. The van der Waals surface area contributed by atoms with Gasteiger partial charge in [-0.05, 0) is 12.8 Å². The first kappa shape index (κ1) is 12.4. The summed E-state index contributed by atoms with van der Waals surface area (Å²) in [7, 11) is 4.03. The first-order valence-electron chi connectivity index (χ1n) is 4.71. The quantitative estimate of drug-likeness (QED) is 0.296. The molecule has 88 valence electrons. The van der Waals surface area contributed by atoms with Crippen LogP contribution in [-0.2, 0) is 29.1 Å². The van der Waals surface area contributed by atoms with Crippen LogP contribution >= 0.6 is 0 Å². The molecule has 0 heterocycles. The van der Waals surface area contributed by atoms with Crippen LogP contribution < -0.4 is 0 Å². The first-order chi connectivity index (χ1) is 7.20. The van der Waals surface area contributed by atoms with Crippen molar-refractivity contribution in [3.8, 4) is 0 Å². The van der Waals surface area contributed by atoms with Crippen LogP contribution in [0.4, 0.5) is 0 Å². The minimum absolute atomic E-state index is 0.387. The van der Waals surface area contributed by atoms with Crippen molar-refractivity contribution in [3.63, 3.8) is 0 Å². The van der Waals surface area contributed by atoms with E-state index in [1.807, 2.05) is 0 Å². The average Bonchev–Trinajstić information content (AvgIpc) is 2.62. The summed E-state index contributed by atoms with van der Waals surface area (Å²) >= 11 is 0. The number of carbonyl (C=O) groups is 1. The molecular weight excluding hydrogens is 204 g/mol. The van der Waals surface area contributed by atoms with Gasteiger partial charge in [-0.15, -0.1) is 0 Å². The van der Waals surface area contributed by atoms with Gasteiger partial charge in [-0.1, -0.05) is 0 Å². The zero-order chi connectivity index (χ0) is 11.3. The number of rotatable bonds is 5. The van der Waals surface area contributed by atoms with Gasteiger partial charge in [0.2, 0.25) is 5.79 Å². The molecule has 6 heteroatoms. The van der Waals surface area contributed by atoms with Crippen molar-refractivity contribution < 1.29 is 29.1 Å². The number of esters is 1. The molecule has 1 aliphatic carbocycles. The molecule has 0 aliphatic heterocycles. The van der Waals surface area contributed by atoms with Crippen LogP contribution in [0.2, 0.25) is 0 Å². The Bertz CT molecular complexity index is 211. The standard InChI is InChI=1S/C9H16O6/c1-11-8(10)7-5-4-6-9(7,14-12-2)15-13-3/h7H,4-6H2,1-3H3. The van der Waals surface area contributed by atoms with Gasteiger partial charge in [-0.25, -0.2) is 9.78 Å². The van der Waals surface area contributed by atoms with Gasteiger partial charge in [-0.2, -0.15) is 9.78 Å². The van der Waals surface area contributed by atoms with Gasteiger partial charge in [0.15, 0.2) is 0 Å². The maximum Gasteiger partial charge on any atom is 0.314 e. The molecule has 15 heavy (non-hydrogen) atoms.